The first-order chi connectivity index (χ1) is 20.4. The van der Waals surface area contributed by atoms with E-state index in [2.05, 4.69) is 10.6 Å². The molecule has 2 saturated heterocycles. The molecule has 0 spiro atoms. The zero-order valence-corrected chi connectivity index (χ0v) is 25.2. The topological polar surface area (TPSA) is 78.5 Å². The van der Waals surface area contributed by atoms with Crippen molar-refractivity contribution in [1.29, 1.82) is 0 Å². The Morgan fingerprint density at radius 2 is 1.64 bits per heavy atom. The molecule has 0 aromatic heterocycles. The molecular weight excluding hydrogens is 617 g/mol. The average molecular weight is 654 g/mol. The highest BCUT2D eigenvalue weighted by Gasteiger charge is 2.50. The molecule has 0 radical (unpaired) electrons. The predicted molar refractivity (Wildman–Crippen MR) is 149 cm³/mol. The van der Waals surface area contributed by atoms with Crippen LogP contribution in [0.1, 0.15) is 53.1 Å². The standard InChI is InChI=1S/C29H35F7N4O3S/c1-19-14-23(30)5-6-25(19)26-18-24(40(44(2,42)43)12-9-37-10-13-40)7-11-39(26)27(41)38-8-3-4-20-15-21(28(31,32)33)17-22(16-20)29(34,35)36/h5-6,14-17,24,26,37H,3-4,7-13,18H2,1-2H3/p+1/t24-,26+/m0/s1. The third kappa shape index (κ3) is 7.48. The number of nitrogens with one attached hydrogen (secondary N) is 2. The van der Waals surface area contributed by atoms with E-state index in [1.54, 1.807) is 17.9 Å². The van der Waals surface area contributed by atoms with Crippen molar-refractivity contribution < 1.29 is 47.8 Å². The number of amides is 2. The molecule has 2 aromatic rings. The Balaban J connectivity index is 1.50. The summed E-state index contributed by atoms with van der Waals surface area (Å²) in [6.07, 6.45) is -8.06. The summed E-state index contributed by atoms with van der Waals surface area (Å²) in [6, 6.07) is 4.19. The smallest absolute Gasteiger partial charge is 0.338 e. The molecule has 2 aromatic carbocycles. The van der Waals surface area contributed by atoms with Crippen LogP contribution < -0.4 is 10.6 Å². The molecule has 0 unspecified atom stereocenters. The van der Waals surface area contributed by atoms with E-state index in [0.717, 1.165) is 0 Å². The molecule has 44 heavy (non-hydrogen) atoms. The van der Waals surface area contributed by atoms with Gasteiger partial charge >= 0.3 is 18.4 Å². The number of urea groups is 1. The number of likely N-dealkylation sites (tertiary alicyclic amines) is 1. The molecule has 2 N–H and O–H groups in total. The third-order valence-corrected chi connectivity index (χ3v) is 10.6. The number of nitrogens with zero attached hydrogens (tertiary/aromatic N) is 2. The number of carbonyl (C=O) groups is 1. The lowest BCUT2D eigenvalue weighted by molar-refractivity contribution is -0.837. The van der Waals surface area contributed by atoms with Crippen LogP contribution in [-0.4, -0.2) is 74.8 Å². The van der Waals surface area contributed by atoms with Gasteiger partial charge in [0, 0.05) is 39.0 Å². The van der Waals surface area contributed by atoms with Crippen LogP contribution in [0.4, 0.5) is 35.5 Å². The molecule has 2 atom stereocenters. The molecule has 2 amide bonds. The number of sulfonamides is 1. The molecule has 0 aliphatic carbocycles. The number of piperazine rings is 1. The normalized spacial score (nSPS) is 21.2. The van der Waals surface area contributed by atoms with E-state index in [1.807, 2.05) is 0 Å². The highest BCUT2D eigenvalue weighted by atomic mass is 32.2. The number of hydrogen-bond donors (Lipinski definition) is 2. The van der Waals surface area contributed by atoms with Crippen molar-refractivity contribution in [2.75, 3.05) is 45.5 Å². The Hall–Kier alpha value is -2.91. The highest BCUT2D eigenvalue weighted by Crippen LogP contribution is 2.40. The summed E-state index contributed by atoms with van der Waals surface area (Å²) in [5.41, 5.74) is -1.70. The molecule has 7 nitrogen and oxygen atoms in total. The van der Waals surface area contributed by atoms with Gasteiger partial charge in [-0.3, -0.25) is 0 Å². The number of aryl methyl sites for hydroxylation is 2. The molecule has 2 heterocycles. The van der Waals surface area contributed by atoms with Crippen molar-refractivity contribution in [2.24, 2.45) is 0 Å². The molecule has 2 aliphatic heterocycles. The monoisotopic (exact) mass is 653 g/mol. The van der Waals surface area contributed by atoms with Crippen molar-refractivity contribution in [3.63, 3.8) is 0 Å². The zero-order valence-electron chi connectivity index (χ0n) is 24.4. The lowest BCUT2D eigenvalue weighted by atomic mass is 9.88. The number of carbonyl (C=O) groups excluding carboxylic acids is 1. The minimum atomic E-state index is -4.95. The number of piperidine rings is 1. The Morgan fingerprint density at radius 3 is 2.18 bits per heavy atom. The Morgan fingerprint density at radius 1 is 1.02 bits per heavy atom. The van der Waals surface area contributed by atoms with E-state index < -0.39 is 51.4 Å². The van der Waals surface area contributed by atoms with Crippen molar-refractivity contribution in [3.05, 3.63) is 70.0 Å². The molecular formula is C29H36F7N4O3S+. The van der Waals surface area contributed by atoms with E-state index in [0.29, 0.717) is 62.3 Å². The van der Waals surface area contributed by atoms with Gasteiger partial charge in [-0.2, -0.15) is 34.8 Å². The number of quaternary nitrogens is 1. The summed E-state index contributed by atoms with van der Waals surface area (Å²) in [4.78, 5) is 15.0. The van der Waals surface area contributed by atoms with Crippen molar-refractivity contribution in [2.45, 2.75) is 57.0 Å². The van der Waals surface area contributed by atoms with Crippen LogP contribution in [0.25, 0.3) is 0 Å². The quantitative estimate of drug-likeness (QED) is 0.239. The van der Waals surface area contributed by atoms with Gasteiger partial charge in [0.2, 0.25) is 0 Å². The number of halogens is 7. The minimum absolute atomic E-state index is 0.0273. The summed E-state index contributed by atoms with van der Waals surface area (Å²) < 4.78 is 119. The summed E-state index contributed by atoms with van der Waals surface area (Å²) in [7, 11) is -3.54. The van der Waals surface area contributed by atoms with Crippen LogP contribution in [-0.2, 0) is 28.8 Å². The number of rotatable bonds is 7. The Kier molecular flexibility index (Phi) is 9.91. The number of benzene rings is 2. The van der Waals surface area contributed by atoms with E-state index in [4.69, 9.17) is 0 Å². The van der Waals surface area contributed by atoms with Crippen LogP contribution >= 0.6 is 0 Å². The first-order valence-electron chi connectivity index (χ1n) is 14.3. The summed E-state index contributed by atoms with van der Waals surface area (Å²) in [5.74, 6) is -0.459. The zero-order chi connectivity index (χ0) is 32.5. The Bertz CT molecular complexity index is 1430. The maximum Gasteiger partial charge on any atom is 0.416 e. The molecule has 2 aliphatic rings. The first-order valence-corrected chi connectivity index (χ1v) is 16.1. The largest absolute Gasteiger partial charge is 0.416 e. The molecule has 15 heteroatoms. The van der Waals surface area contributed by atoms with Crippen molar-refractivity contribution >= 4 is 16.1 Å². The van der Waals surface area contributed by atoms with Gasteiger partial charge in [0.15, 0.2) is 0 Å². The second-order valence-electron chi connectivity index (χ2n) is 11.5. The van der Waals surface area contributed by atoms with Gasteiger partial charge in [-0.05, 0) is 66.8 Å². The fourth-order valence-corrected chi connectivity index (χ4v) is 8.00. The van der Waals surface area contributed by atoms with Crippen molar-refractivity contribution in [1.82, 2.24) is 15.5 Å². The van der Waals surface area contributed by atoms with Crippen molar-refractivity contribution in [3.8, 4) is 0 Å². The lowest BCUT2D eigenvalue weighted by Gasteiger charge is -2.49. The van der Waals surface area contributed by atoms with E-state index in [9.17, 15) is 43.9 Å². The number of alkyl halides is 6. The van der Waals surface area contributed by atoms with Crippen LogP contribution in [0.2, 0.25) is 0 Å². The second-order valence-corrected chi connectivity index (χ2v) is 13.7. The minimum Gasteiger partial charge on any atom is -0.338 e. The van der Waals surface area contributed by atoms with Crippen LogP contribution in [0.5, 0.6) is 0 Å². The van der Waals surface area contributed by atoms with E-state index >= 15 is 0 Å². The van der Waals surface area contributed by atoms with Gasteiger partial charge in [-0.15, -0.1) is 0 Å². The fourth-order valence-electron chi connectivity index (χ4n) is 6.42. The van der Waals surface area contributed by atoms with E-state index in [1.165, 1.54) is 18.4 Å². The maximum absolute atomic E-state index is 14.0. The van der Waals surface area contributed by atoms with Crippen LogP contribution in [0.3, 0.4) is 0 Å². The van der Waals surface area contributed by atoms with Gasteiger partial charge in [-0.25, -0.2) is 13.1 Å². The van der Waals surface area contributed by atoms with E-state index in [-0.39, 0.29) is 47.5 Å². The third-order valence-electron chi connectivity index (χ3n) is 8.65. The van der Waals surface area contributed by atoms with Crippen LogP contribution in [0, 0.1) is 12.7 Å². The van der Waals surface area contributed by atoms with Gasteiger partial charge < -0.3 is 15.5 Å². The fraction of sp³-hybridized carbons (Fsp3) is 0.552. The average Bonchev–Trinajstić information content (AvgIpc) is 2.93. The van der Waals surface area contributed by atoms with Gasteiger partial charge in [-0.1, -0.05) is 6.07 Å². The van der Waals surface area contributed by atoms with Crippen LogP contribution in [0.15, 0.2) is 36.4 Å². The first kappa shape index (κ1) is 34.0. The van der Waals surface area contributed by atoms with Gasteiger partial charge in [0.05, 0.1) is 23.4 Å². The predicted octanol–water partition coefficient (Wildman–Crippen LogP) is 5.40. The lowest BCUT2D eigenvalue weighted by Crippen LogP contribution is -2.68. The van der Waals surface area contributed by atoms with Gasteiger partial charge in [0.25, 0.3) is 10.0 Å². The summed E-state index contributed by atoms with van der Waals surface area (Å²) >= 11 is 0. The molecule has 0 bridgehead atoms. The number of hydrogen-bond acceptors (Lipinski definition) is 4. The SMILES string of the molecule is Cc1cc(F)ccc1[C@H]1C[C@@H]([N+]2(S(C)(=O)=O)CCNCC2)CCN1C(=O)NCCCc1cc(C(F)(F)F)cc(C(F)(F)F)c1. The molecule has 2 fully saturated rings. The molecule has 244 valence electrons. The second kappa shape index (κ2) is 12.8. The molecule has 4 rings (SSSR count). The summed E-state index contributed by atoms with van der Waals surface area (Å²) in [6.45, 7) is 3.65. The maximum atomic E-state index is 14.0. The summed E-state index contributed by atoms with van der Waals surface area (Å²) in [5, 5.41) is 5.90. The molecule has 0 saturated carbocycles. The van der Waals surface area contributed by atoms with Gasteiger partial charge in [0.1, 0.15) is 24.9 Å². The Labute approximate surface area is 252 Å². The highest BCUT2D eigenvalue weighted by molar-refractivity contribution is 7.85.